The largest absolute Gasteiger partial charge is 0.465 e. The molecule has 0 aromatic heterocycles. The molecule has 0 aromatic rings. The van der Waals surface area contributed by atoms with Crippen molar-refractivity contribution in [3.8, 4) is 0 Å². The van der Waals surface area contributed by atoms with E-state index in [9.17, 15) is 9.59 Å². The Hall–Kier alpha value is -1.10. The third kappa shape index (κ3) is 4.18. The van der Waals surface area contributed by atoms with E-state index < -0.39 is 0 Å². The molecule has 1 aliphatic heterocycles. The Labute approximate surface area is 95.9 Å². The van der Waals surface area contributed by atoms with Crippen molar-refractivity contribution in [2.24, 2.45) is 11.7 Å². The first kappa shape index (κ1) is 13.0. The van der Waals surface area contributed by atoms with E-state index in [0.29, 0.717) is 13.2 Å². The number of carbonyl (C=O) groups is 2. The maximum atomic E-state index is 11.3. The van der Waals surface area contributed by atoms with E-state index in [-0.39, 0.29) is 17.8 Å². The minimum atomic E-state index is -0.224. The van der Waals surface area contributed by atoms with Gasteiger partial charge in [0.25, 0.3) is 0 Å². The standard InChI is InChI=1S/C11H20N2O3/c1-2-16-10(14)8-13-6-3-4-9(5-7-13)11(12)15/h9H,2-8H2,1H3,(H2,12,15). The van der Waals surface area contributed by atoms with Gasteiger partial charge in [0.2, 0.25) is 5.91 Å². The zero-order chi connectivity index (χ0) is 12.0. The van der Waals surface area contributed by atoms with Gasteiger partial charge in [-0.3, -0.25) is 14.5 Å². The predicted molar refractivity (Wildman–Crippen MR) is 59.6 cm³/mol. The molecule has 5 heteroatoms. The molecule has 1 aliphatic rings. The molecule has 0 spiro atoms. The lowest BCUT2D eigenvalue weighted by Gasteiger charge is -2.18. The van der Waals surface area contributed by atoms with Crippen molar-refractivity contribution in [1.29, 1.82) is 0 Å². The number of rotatable bonds is 4. The van der Waals surface area contributed by atoms with Gasteiger partial charge in [-0.1, -0.05) is 0 Å². The minimum absolute atomic E-state index is 0.0350. The van der Waals surface area contributed by atoms with E-state index in [1.165, 1.54) is 0 Å². The number of amides is 1. The second-order valence-electron chi connectivity index (χ2n) is 4.11. The van der Waals surface area contributed by atoms with Gasteiger partial charge < -0.3 is 10.5 Å². The molecule has 0 saturated carbocycles. The number of hydrogen-bond donors (Lipinski definition) is 1. The molecule has 5 nitrogen and oxygen atoms in total. The lowest BCUT2D eigenvalue weighted by Crippen LogP contribution is -2.32. The van der Waals surface area contributed by atoms with Crippen LogP contribution in [0.1, 0.15) is 26.2 Å². The summed E-state index contributed by atoms with van der Waals surface area (Å²) in [7, 11) is 0. The highest BCUT2D eigenvalue weighted by atomic mass is 16.5. The zero-order valence-electron chi connectivity index (χ0n) is 9.78. The van der Waals surface area contributed by atoms with Crippen molar-refractivity contribution < 1.29 is 14.3 Å². The Balaban J connectivity index is 2.35. The van der Waals surface area contributed by atoms with E-state index in [1.54, 1.807) is 6.92 Å². The van der Waals surface area contributed by atoms with Gasteiger partial charge in [-0.15, -0.1) is 0 Å². The molecule has 1 rings (SSSR count). The third-order valence-electron chi connectivity index (χ3n) is 2.88. The monoisotopic (exact) mass is 228 g/mol. The number of carbonyl (C=O) groups excluding carboxylic acids is 2. The Morgan fingerprint density at radius 1 is 1.38 bits per heavy atom. The molecule has 92 valence electrons. The maximum absolute atomic E-state index is 11.3. The molecule has 1 unspecified atom stereocenters. The smallest absolute Gasteiger partial charge is 0.320 e. The first-order chi connectivity index (χ1) is 7.63. The molecule has 0 bridgehead atoms. The van der Waals surface area contributed by atoms with E-state index >= 15 is 0 Å². The van der Waals surface area contributed by atoms with Gasteiger partial charge in [-0.25, -0.2) is 0 Å². The Kier molecular flexibility index (Phi) is 5.25. The average Bonchev–Trinajstić information content (AvgIpc) is 2.43. The first-order valence-electron chi connectivity index (χ1n) is 5.80. The van der Waals surface area contributed by atoms with Gasteiger partial charge in [-0.2, -0.15) is 0 Å². The summed E-state index contributed by atoms with van der Waals surface area (Å²) in [5.41, 5.74) is 5.28. The Bertz CT molecular complexity index is 256. The van der Waals surface area contributed by atoms with E-state index in [0.717, 1.165) is 32.4 Å². The van der Waals surface area contributed by atoms with Crippen molar-refractivity contribution in [3.05, 3.63) is 0 Å². The van der Waals surface area contributed by atoms with Crippen LogP contribution in [0.4, 0.5) is 0 Å². The van der Waals surface area contributed by atoms with Crippen LogP contribution >= 0.6 is 0 Å². The highest BCUT2D eigenvalue weighted by Gasteiger charge is 2.22. The maximum Gasteiger partial charge on any atom is 0.320 e. The van der Waals surface area contributed by atoms with Gasteiger partial charge in [0.1, 0.15) is 0 Å². The SMILES string of the molecule is CCOC(=O)CN1CCCC(C(N)=O)CC1. The lowest BCUT2D eigenvalue weighted by atomic mass is 10.0. The predicted octanol–water partition coefficient (Wildman–Crippen LogP) is 0.137. The summed E-state index contributed by atoms with van der Waals surface area (Å²) in [5, 5.41) is 0. The molecule has 1 amide bonds. The quantitative estimate of drug-likeness (QED) is 0.694. The van der Waals surface area contributed by atoms with Crippen LogP contribution in [0.15, 0.2) is 0 Å². The van der Waals surface area contributed by atoms with E-state index in [2.05, 4.69) is 0 Å². The fourth-order valence-electron chi connectivity index (χ4n) is 1.99. The first-order valence-corrected chi connectivity index (χ1v) is 5.80. The van der Waals surface area contributed by atoms with Crippen LogP contribution in [0.2, 0.25) is 0 Å². The van der Waals surface area contributed by atoms with Gasteiger partial charge in [0.05, 0.1) is 13.2 Å². The third-order valence-corrected chi connectivity index (χ3v) is 2.88. The average molecular weight is 228 g/mol. The summed E-state index contributed by atoms with van der Waals surface area (Å²) in [5.74, 6) is -0.454. The zero-order valence-corrected chi connectivity index (χ0v) is 9.78. The summed E-state index contributed by atoms with van der Waals surface area (Å²) < 4.78 is 4.89. The molecular weight excluding hydrogens is 208 g/mol. The van der Waals surface area contributed by atoms with Crippen LogP contribution < -0.4 is 5.73 Å². The van der Waals surface area contributed by atoms with Crippen molar-refractivity contribution in [2.75, 3.05) is 26.2 Å². The lowest BCUT2D eigenvalue weighted by molar-refractivity contribution is -0.144. The number of nitrogens with two attached hydrogens (primary N) is 1. The van der Waals surface area contributed by atoms with Gasteiger partial charge in [0, 0.05) is 5.92 Å². The Morgan fingerprint density at radius 3 is 2.75 bits per heavy atom. The Morgan fingerprint density at radius 2 is 2.12 bits per heavy atom. The van der Waals surface area contributed by atoms with Crippen LogP contribution in [-0.4, -0.2) is 43.0 Å². The number of hydrogen-bond acceptors (Lipinski definition) is 4. The van der Waals surface area contributed by atoms with Crippen LogP contribution in [0.3, 0.4) is 0 Å². The minimum Gasteiger partial charge on any atom is -0.465 e. The summed E-state index contributed by atoms with van der Waals surface area (Å²) in [6, 6.07) is 0. The summed E-state index contributed by atoms with van der Waals surface area (Å²) >= 11 is 0. The molecule has 1 fully saturated rings. The van der Waals surface area contributed by atoms with Crippen LogP contribution in [-0.2, 0) is 14.3 Å². The topological polar surface area (TPSA) is 72.6 Å². The summed E-state index contributed by atoms with van der Waals surface area (Å²) in [6.07, 6.45) is 2.48. The molecule has 1 atom stereocenters. The summed E-state index contributed by atoms with van der Waals surface area (Å²) in [4.78, 5) is 24.4. The molecule has 1 heterocycles. The van der Waals surface area contributed by atoms with Crippen LogP contribution in [0.25, 0.3) is 0 Å². The summed E-state index contributed by atoms with van der Waals surface area (Å²) in [6.45, 7) is 4.11. The van der Waals surface area contributed by atoms with Crippen LogP contribution in [0.5, 0.6) is 0 Å². The fraction of sp³-hybridized carbons (Fsp3) is 0.818. The number of primary amides is 1. The fourth-order valence-corrected chi connectivity index (χ4v) is 1.99. The molecule has 16 heavy (non-hydrogen) atoms. The molecular formula is C11H20N2O3. The normalized spacial score (nSPS) is 22.4. The molecule has 2 N–H and O–H groups in total. The van der Waals surface area contributed by atoms with E-state index in [1.807, 2.05) is 4.90 Å². The number of esters is 1. The van der Waals surface area contributed by atoms with Crippen molar-refractivity contribution in [2.45, 2.75) is 26.2 Å². The highest BCUT2D eigenvalue weighted by Crippen LogP contribution is 2.16. The van der Waals surface area contributed by atoms with Gasteiger partial charge in [0.15, 0.2) is 0 Å². The van der Waals surface area contributed by atoms with Gasteiger partial charge >= 0.3 is 5.97 Å². The number of likely N-dealkylation sites (tertiary alicyclic amines) is 1. The van der Waals surface area contributed by atoms with Crippen LogP contribution in [0, 0.1) is 5.92 Å². The number of ether oxygens (including phenoxy) is 1. The van der Waals surface area contributed by atoms with Crippen molar-refractivity contribution in [3.63, 3.8) is 0 Å². The van der Waals surface area contributed by atoms with Crippen molar-refractivity contribution >= 4 is 11.9 Å². The van der Waals surface area contributed by atoms with E-state index in [4.69, 9.17) is 10.5 Å². The second-order valence-corrected chi connectivity index (χ2v) is 4.11. The number of nitrogens with zero attached hydrogens (tertiary/aromatic N) is 1. The molecule has 1 saturated heterocycles. The second kappa shape index (κ2) is 6.48. The van der Waals surface area contributed by atoms with Crippen molar-refractivity contribution in [1.82, 2.24) is 4.90 Å². The molecule has 0 radical (unpaired) electrons. The molecule has 0 aromatic carbocycles. The van der Waals surface area contributed by atoms with Gasteiger partial charge in [-0.05, 0) is 39.3 Å². The highest BCUT2D eigenvalue weighted by molar-refractivity contribution is 5.76. The molecule has 0 aliphatic carbocycles.